The Labute approximate surface area is 51.2 Å². The third-order valence-electron chi connectivity index (χ3n) is 0.979. The fourth-order valence-electron chi connectivity index (χ4n) is 0.378. The summed E-state index contributed by atoms with van der Waals surface area (Å²) < 4.78 is 5.23. The van der Waals surface area contributed by atoms with Gasteiger partial charge in [-0.15, -0.1) is 0 Å². The standard InChI is InChI=1S/C6H15NO/c1-4-5-8-6(2)7-3/h6-7H,4-5H2,1-3H3. The Hall–Kier alpha value is -0.0800. The van der Waals surface area contributed by atoms with E-state index in [1.54, 1.807) is 0 Å². The maximum atomic E-state index is 5.23. The molecule has 8 heavy (non-hydrogen) atoms. The maximum Gasteiger partial charge on any atom is 0.105 e. The molecule has 50 valence electrons. The van der Waals surface area contributed by atoms with Gasteiger partial charge in [-0.05, 0) is 20.4 Å². The largest absolute Gasteiger partial charge is 0.364 e. The smallest absolute Gasteiger partial charge is 0.105 e. The second-order valence-electron chi connectivity index (χ2n) is 1.80. The monoisotopic (exact) mass is 117 g/mol. The maximum absolute atomic E-state index is 5.23. The molecule has 1 unspecified atom stereocenters. The Balaban J connectivity index is 2.86. The predicted molar refractivity (Wildman–Crippen MR) is 34.8 cm³/mol. The summed E-state index contributed by atoms with van der Waals surface area (Å²) in [5, 5.41) is 2.98. The van der Waals surface area contributed by atoms with Crippen LogP contribution < -0.4 is 5.32 Å². The van der Waals surface area contributed by atoms with Gasteiger partial charge < -0.3 is 4.74 Å². The van der Waals surface area contributed by atoms with Gasteiger partial charge in [0.05, 0.1) is 0 Å². The third-order valence-corrected chi connectivity index (χ3v) is 0.979. The molecule has 0 aromatic rings. The molecule has 0 aliphatic carbocycles. The Morgan fingerprint density at radius 1 is 1.62 bits per heavy atom. The van der Waals surface area contributed by atoms with Crippen molar-refractivity contribution >= 4 is 0 Å². The van der Waals surface area contributed by atoms with Crippen LogP contribution in [0.5, 0.6) is 0 Å². The molecular formula is C6H15NO. The van der Waals surface area contributed by atoms with Crippen LogP contribution in [0, 0.1) is 0 Å². The molecule has 0 amide bonds. The van der Waals surface area contributed by atoms with Gasteiger partial charge >= 0.3 is 0 Å². The Morgan fingerprint density at radius 2 is 2.25 bits per heavy atom. The minimum atomic E-state index is 0.204. The molecular weight excluding hydrogens is 102 g/mol. The van der Waals surface area contributed by atoms with Crippen LogP contribution in [0.25, 0.3) is 0 Å². The number of nitrogens with one attached hydrogen (secondary N) is 1. The lowest BCUT2D eigenvalue weighted by molar-refractivity contribution is 0.0487. The molecule has 0 radical (unpaired) electrons. The summed E-state index contributed by atoms with van der Waals surface area (Å²) in [5.74, 6) is 0. The molecule has 0 aromatic carbocycles. The van der Waals surface area contributed by atoms with E-state index in [1.807, 2.05) is 14.0 Å². The van der Waals surface area contributed by atoms with Crippen LogP contribution >= 0.6 is 0 Å². The molecule has 1 N–H and O–H groups in total. The van der Waals surface area contributed by atoms with E-state index >= 15 is 0 Å². The highest BCUT2D eigenvalue weighted by Gasteiger charge is 1.92. The SMILES string of the molecule is CCCOC(C)NC. The fourth-order valence-corrected chi connectivity index (χ4v) is 0.378. The van der Waals surface area contributed by atoms with Gasteiger partial charge in [-0.25, -0.2) is 0 Å². The minimum Gasteiger partial charge on any atom is -0.364 e. The lowest BCUT2D eigenvalue weighted by atomic mass is 10.5. The van der Waals surface area contributed by atoms with Crippen LogP contribution in [0.2, 0.25) is 0 Å². The molecule has 0 rings (SSSR count). The molecule has 1 atom stereocenters. The van der Waals surface area contributed by atoms with Crippen molar-refractivity contribution in [3.8, 4) is 0 Å². The summed E-state index contributed by atoms with van der Waals surface area (Å²) in [6, 6.07) is 0. The molecule has 0 aliphatic rings. The normalized spacial score (nSPS) is 13.9. The molecule has 0 fully saturated rings. The van der Waals surface area contributed by atoms with Crippen molar-refractivity contribution in [1.82, 2.24) is 5.32 Å². The summed E-state index contributed by atoms with van der Waals surface area (Å²) in [4.78, 5) is 0. The zero-order chi connectivity index (χ0) is 6.41. The number of hydrogen-bond donors (Lipinski definition) is 1. The van der Waals surface area contributed by atoms with E-state index in [0.717, 1.165) is 13.0 Å². The van der Waals surface area contributed by atoms with E-state index in [4.69, 9.17) is 4.74 Å². The molecule has 0 aromatic heterocycles. The first kappa shape index (κ1) is 7.92. The number of hydrogen-bond acceptors (Lipinski definition) is 2. The first-order valence-electron chi connectivity index (χ1n) is 3.10. The quantitative estimate of drug-likeness (QED) is 0.554. The summed E-state index contributed by atoms with van der Waals surface area (Å²) in [7, 11) is 1.89. The van der Waals surface area contributed by atoms with Gasteiger partial charge in [0, 0.05) is 6.61 Å². The van der Waals surface area contributed by atoms with Crippen molar-refractivity contribution in [3.63, 3.8) is 0 Å². The predicted octanol–water partition coefficient (Wildman–Crippen LogP) is 0.978. The molecule has 2 nitrogen and oxygen atoms in total. The van der Waals surface area contributed by atoms with Crippen molar-refractivity contribution in [2.75, 3.05) is 13.7 Å². The van der Waals surface area contributed by atoms with Gasteiger partial charge in [0.1, 0.15) is 6.23 Å². The second-order valence-corrected chi connectivity index (χ2v) is 1.80. The fraction of sp³-hybridized carbons (Fsp3) is 1.00. The first-order chi connectivity index (χ1) is 3.81. The van der Waals surface area contributed by atoms with E-state index in [9.17, 15) is 0 Å². The summed E-state index contributed by atoms with van der Waals surface area (Å²) in [5.41, 5.74) is 0. The van der Waals surface area contributed by atoms with Gasteiger partial charge in [-0.2, -0.15) is 0 Å². The molecule has 0 saturated carbocycles. The van der Waals surface area contributed by atoms with Gasteiger partial charge in [-0.3, -0.25) is 5.32 Å². The summed E-state index contributed by atoms with van der Waals surface area (Å²) in [6.07, 6.45) is 1.29. The van der Waals surface area contributed by atoms with Gasteiger partial charge in [-0.1, -0.05) is 6.92 Å². The van der Waals surface area contributed by atoms with E-state index in [-0.39, 0.29) is 6.23 Å². The topological polar surface area (TPSA) is 21.3 Å². The van der Waals surface area contributed by atoms with Gasteiger partial charge in [0.2, 0.25) is 0 Å². The number of ether oxygens (including phenoxy) is 1. The summed E-state index contributed by atoms with van der Waals surface area (Å²) >= 11 is 0. The number of rotatable bonds is 4. The van der Waals surface area contributed by atoms with E-state index < -0.39 is 0 Å². The lowest BCUT2D eigenvalue weighted by Gasteiger charge is -2.09. The lowest BCUT2D eigenvalue weighted by Crippen LogP contribution is -2.24. The van der Waals surface area contributed by atoms with Crippen molar-refractivity contribution in [3.05, 3.63) is 0 Å². The average molecular weight is 117 g/mol. The van der Waals surface area contributed by atoms with E-state index in [2.05, 4.69) is 12.2 Å². The molecule has 0 heterocycles. The van der Waals surface area contributed by atoms with Crippen molar-refractivity contribution in [2.45, 2.75) is 26.5 Å². The van der Waals surface area contributed by atoms with Gasteiger partial charge in [0.25, 0.3) is 0 Å². The van der Waals surface area contributed by atoms with Crippen molar-refractivity contribution in [1.29, 1.82) is 0 Å². The molecule has 2 heteroatoms. The van der Waals surface area contributed by atoms with Crippen LogP contribution in [0.4, 0.5) is 0 Å². The third kappa shape index (κ3) is 4.09. The molecule has 0 aliphatic heterocycles. The van der Waals surface area contributed by atoms with Crippen LogP contribution in [0.1, 0.15) is 20.3 Å². The Bertz CT molecular complexity index is 47.8. The van der Waals surface area contributed by atoms with Crippen molar-refractivity contribution in [2.24, 2.45) is 0 Å². The minimum absolute atomic E-state index is 0.204. The van der Waals surface area contributed by atoms with Crippen LogP contribution in [0.15, 0.2) is 0 Å². The second kappa shape index (κ2) is 5.06. The first-order valence-corrected chi connectivity index (χ1v) is 3.10. The molecule has 0 saturated heterocycles. The van der Waals surface area contributed by atoms with Crippen LogP contribution in [0.3, 0.4) is 0 Å². The molecule has 0 bridgehead atoms. The average Bonchev–Trinajstić information content (AvgIpc) is 1.83. The Morgan fingerprint density at radius 3 is 2.62 bits per heavy atom. The summed E-state index contributed by atoms with van der Waals surface area (Å²) in [6.45, 7) is 4.94. The zero-order valence-corrected chi connectivity index (χ0v) is 5.90. The highest BCUT2D eigenvalue weighted by atomic mass is 16.5. The van der Waals surface area contributed by atoms with Gasteiger partial charge in [0.15, 0.2) is 0 Å². The molecule has 0 spiro atoms. The highest BCUT2D eigenvalue weighted by molar-refractivity contribution is 4.37. The zero-order valence-electron chi connectivity index (χ0n) is 5.90. The Kier molecular flexibility index (Phi) is 5.01. The van der Waals surface area contributed by atoms with E-state index in [1.165, 1.54) is 0 Å². The van der Waals surface area contributed by atoms with Crippen LogP contribution in [-0.4, -0.2) is 19.9 Å². The van der Waals surface area contributed by atoms with Crippen molar-refractivity contribution < 1.29 is 4.74 Å². The van der Waals surface area contributed by atoms with E-state index in [0.29, 0.717) is 0 Å². The highest BCUT2D eigenvalue weighted by Crippen LogP contribution is 1.84. The van der Waals surface area contributed by atoms with Crippen LogP contribution in [-0.2, 0) is 4.74 Å².